The molecule has 226 valence electrons. The Hall–Kier alpha value is -1.75. The average Bonchev–Trinajstić information content (AvgIpc) is 3.30. The monoisotopic (exact) mass is 579 g/mol. The molecule has 4 aliphatic carbocycles. The molecule has 4 aliphatic rings. The van der Waals surface area contributed by atoms with Gasteiger partial charge in [-0.2, -0.15) is 12.6 Å². The predicted molar refractivity (Wildman–Crippen MR) is 171 cm³/mol. The van der Waals surface area contributed by atoms with Crippen LogP contribution in [0.2, 0.25) is 0 Å². The van der Waals surface area contributed by atoms with Gasteiger partial charge < -0.3 is 10.1 Å². The first-order valence-electron chi connectivity index (χ1n) is 16.5. The molecule has 8 atom stereocenters. The van der Waals surface area contributed by atoms with E-state index >= 15 is 0 Å². The quantitative estimate of drug-likeness (QED) is 0.174. The second-order valence-electron chi connectivity index (χ2n) is 14.8. The van der Waals surface area contributed by atoms with Crippen molar-refractivity contribution in [3.8, 4) is 0 Å². The number of esters is 1. The fourth-order valence-electron chi connectivity index (χ4n) is 9.86. The Morgan fingerprint density at radius 3 is 2.46 bits per heavy atom. The maximum atomic E-state index is 13.0. The van der Waals surface area contributed by atoms with Crippen molar-refractivity contribution >= 4 is 30.2 Å². The van der Waals surface area contributed by atoms with Crippen LogP contribution < -0.4 is 5.32 Å². The van der Waals surface area contributed by atoms with Gasteiger partial charge >= 0.3 is 5.97 Å². The lowest BCUT2D eigenvalue weighted by atomic mass is 9.47. The molecule has 0 radical (unpaired) electrons. The number of thiol groups is 1. The fourth-order valence-corrected chi connectivity index (χ4v) is 9.94. The van der Waals surface area contributed by atoms with Crippen LogP contribution in [0.1, 0.15) is 116 Å². The molecule has 1 N–H and O–H groups in total. The van der Waals surface area contributed by atoms with Gasteiger partial charge in [0.1, 0.15) is 6.10 Å². The lowest BCUT2D eigenvalue weighted by Crippen LogP contribution is -2.51. The Labute approximate surface area is 254 Å². The van der Waals surface area contributed by atoms with Crippen molar-refractivity contribution in [2.24, 2.45) is 46.3 Å². The highest BCUT2D eigenvalue weighted by molar-refractivity contribution is 7.81. The van der Waals surface area contributed by atoms with E-state index in [0.717, 1.165) is 54.8 Å². The molecule has 41 heavy (non-hydrogen) atoms. The molecule has 4 nitrogen and oxygen atoms in total. The summed E-state index contributed by atoms with van der Waals surface area (Å²) in [6, 6.07) is 6.95. The van der Waals surface area contributed by atoms with E-state index < -0.39 is 0 Å². The SMILES string of the molecule is CC(C)CCC[C@@H](C)[C@H]1CC[C@H]2[C@@H]3CC=C4C[C@@H](OC(=O)c5ccc(NC(=O)CS)cc5)CC[C@]4(C)[C@H]3CC[C@]12C. The Balaban J connectivity index is 1.21. The molecule has 0 aromatic heterocycles. The third-order valence-electron chi connectivity index (χ3n) is 12.1. The number of ether oxygens (including phenoxy) is 1. The van der Waals surface area contributed by atoms with Crippen LogP contribution in [0.3, 0.4) is 0 Å². The second kappa shape index (κ2) is 12.5. The summed E-state index contributed by atoms with van der Waals surface area (Å²) in [6.07, 6.45) is 16.4. The standard InChI is InChI=1S/C36H53NO3S/c1-23(2)7-6-8-24(3)30-15-16-31-29-14-11-26-21-28(17-19-35(26,4)32(29)18-20-36(30,31)5)40-34(39)25-9-12-27(13-10-25)37-33(38)22-41/h9-13,23-24,28-32,41H,6-8,14-22H2,1-5H3,(H,37,38)/t24-,28+,29+,30-,31+,32+,35+,36-/m1/s1. The maximum absolute atomic E-state index is 13.0. The van der Waals surface area contributed by atoms with Crippen LogP contribution >= 0.6 is 12.6 Å². The van der Waals surface area contributed by atoms with Crippen molar-refractivity contribution < 1.29 is 14.3 Å². The van der Waals surface area contributed by atoms with E-state index in [1.54, 1.807) is 29.8 Å². The number of rotatable bonds is 9. The number of carbonyl (C=O) groups excluding carboxylic acids is 2. The normalized spacial score (nSPS) is 35.1. The van der Waals surface area contributed by atoms with Gasteiger partial charge in [0.05, 0.1) is 11.3 Å². The highest BCUT2D eigenvalue weighted by Crippen LogP contribution is 2.67. The molecule has 5 rings (SSSR count). The van der Waals surface area contributed by atoms with Crippen LogP contribution in [0.5, 0.6) is 0 Å². The van der Waals surface area contributed by atoms with E-state index in [9.17, 15) is 9.59 Å². The van der Waals surface area contributed by atoms with Gasteiger partial charge in [-0.15, -0.1) is 0 Å². The van der Waals surface area contributed by atoms with Crippen molar-refractivity contribution in [3.63, 3.8) is 0 Å². The first-order valence-corrected chi connectivity index (χ1v) is 17.1. The number of fused-ring (bicyclic) bond motifs is 5. The summed E-state index contributed by atoms with van der Waals surface area (Å²) in [5.41, 5.74) is 3.50. The minimum absolute atomic E-state index is 0.0571. The molecule has 5 heteroatoms. The molecule has 0 aliphatic heterocycles. The molecule has 3 saturated carbocycles. The van der Waals surface area contributed by atoms with Crippen molar-refractivity contribution in [2.45, 2.75) is 111 Å². The first kappa shape index (κ1) is 30.7. The summed E-state index contributed by atoms with van der Waals surface area (Å²) in [4.78, 5) is 24.5. The lowest BCUT2D eigenvalue weighted by molar-refractivity contribution is -0.113. The summed E-state index contributed by atoms with van der Waals surface area (Å²) in [5, 5.41) is 2.76. The van der Waals surface area contributed by atoms with Crippen molar-refractivity contribution in [1.82, 2.24) is 0 Å². The van der Waals surface area contributed by atoms with Gasteiger partial charge in [0.25, 0.3) is 0 Å². The fraction of sp³-hybridized carbons (Fsp3) is 0.722. The number of amides is 1. The van der Waals surface area contributed by atoms with Gasteiger partial charge in [-0.3, -0.25) is 4.79 Å². The zero-order valence-electron chi connectivity index (χ0n) is 26.1. The van der Waals surface area contributed by atoms with Crippen molar-refractivity contribution in [1.29, 1.82) is 0 Å². The van der Waals surface area contributed by atoms with Gasteiger partial charge in [-0.25, -0.2) is 4.79 Å². The van der Waals surface area contributed by atoms with Crippen LogP contribution in [-0.4, -0.2) is 23.7 Å². The third-order valence-corrected chi connectivity index (χ3v) is 12.4. The number of nitrogens with one attached hydrogen (secondary N) is 1. The van der Waals surface area contributed by atoms with Crippen LogP contribution in [-0.2, 0) is 9.53 Å². The van der Waals surface area contributed by atoms with Crippen LogP contribution in [0.4, 0.5) is 5.69 Å². The van der Waals surface area contributed by atoms with Gasteiger partial charge in [-0.05, 0) is 116 Å². The Kier molecular flexibility index (Phi) is 9.33. The Morgan fingerprint density at radius 1 is 1.00 bits per heavy atom. The number of benzene rings is 1. The van der Waals surface area contributed by atoms with E-state index in [2.05, 4.69) is 58.6 Å². The van der Waals surface area contributed by atoms with Crippen molar-refractivity contribution in [3.05, 3.63) is 41.5 Å². The average molecular weight is 580 g/mol. The van der Waals surface area contributed by atoms with Gasteiger partial charge in [0, 0.05) is 12.1 Å². The highest BCUT2D eigenvalue weighted by Gasteiger charge is 2.59. The molecule has 1 aromatic rings. The van der Waals surface area contributed by atoms with Crippen LogP contribution in [0, 0.1) is 46.3 Å². The lowest BCUT2D eigenvalue weighted by Gasteiger charge is -2.58. The van der Waals surface area contributed by atoms with E-state index in [1.165, 1.54) is 51.4 Å². The van der Waals surface area contributed by atoms with Gasteiger partial charge in [-0.1, -0.05) is 65.5 Å². The maximum Gasteiger partial charge on any atom is 0.338 e. The topological polar surface area (TPSA) is 55.4 Å². The van der Waals surface area contributed by atoms with Gasteiger partial charge in [0.2, 0.25) is 5.91 Å². The van der Waals surface area contributed by atoms with E-state index in [4.69, 9.17) is 4.74 Å². The Morgan fingerprint density at radius 2 is 1.76 bits per heavy atom. The smallest absolute Gasteiger partial charge is 0.338 e. The van der Waals surface area contributed by atoms with Crippen molar-refractivity contribution in [2.75, 3.05) is 11.1 Å². The third kappa shape index (κ3) is 6.17. The van der Waals surface area contributed by atoms with Crippen LogP contribution in [0.15, 0.2) is 35.9 Å². The number of hydrogen-bond acceptors (Lipinski definition) is 4. The zero-order chi connectivity index (χ0) is 29.4. The van der Waals surface area contributed by atoms with Gasteiger partial charge in [0.15, 0.2) is 0 Å². The molecule has 0 unspecified atom stereocenters. The minimum atomic E-state index is -0.270. The highest BCUT2D eigenvalue weighted by atomic mass is 32.1. The van der Waals surface area contributed by atoms with E-state index in [1.807, 2.05) is 0 Å². The summed E-state index contributed by atoms with van der Waals surface area (Å²) in [6.45, 7) is 12.5. The number of anilines is 1. The predicted octanol–water partition coefficient (Wildman–Crippen LogP) is 9.12. The summed E-state index contributed by atoms with van der Waals surface area (Å²) < 4.78 is 6.04. The molecule has 0 saturated heterocycles. The zero-order valence-corrected chi connectivity index (χ0v) is 27.0. The second-order valence-corrected chi connectivity index (χ2v) is 15.2. The number of carbonyl (C=O) groups is 2. The Bertz CT molecular complexity index is 1130. The number of hydrogen-bond donors (Lipinski definition) is 2. The summed E-state index contributed by atoms with van der Waals surface area (Å²) in [7, 11) is 0. The molecule has 3 fully saturated rings. The van der Waals surface area contributed by atoms with E-state index in [-0.39, 0.29) is 29.1 Å². The molecular weight excluding hydrogens is 526 g/mol. The van der Waals surface area contributed by atoms with Crippen LogP contribution in [0.25, 0.3) is 0 Å². The molecule has 0 heterocycles. The largest absolute Gasteiger partial charge is 0.458 e. The summed E-state index contributed by atoms with van der Waals surface area (Å²) in [5.74, 6) is 4.69. The molecular formula is C36H53NO3S. The first-order chi connectivity index (χ1) is 19.5. The molecule has 0 bridgehead atoms. The molecule has 1 amide bonds. The van der Waals surface area contributed by atoms with E-state index in [0.29, 0.717) is 16.7 Å². The molecule has 0 spiro atoms. The number of allylic oxidation sites excluding steroid dienone is 1. The minimum Gasteiger partial charge on any atom is -0.458 e. The molecule has 1 aromatic carbocycles. The summed E-state index contributed by atoms with van der Waals surface area (Å²) >= 11 is 3.99.